The van der Waals surface area contributed by atoms with Gasteiger partial charge in [-0.3, -0.25) is 14.3 Å². The zero-order valence-corrected chi connectivity index (χ0v) is 18.3. The second-order valence-electron chi connectivity index (χ2n) is 7.68. The van der Waals surface area contributed by atoms with E-state index in [1.54, 1.807) is 14.2 Å². The molecule has 1 saturated heterocycles. The summed E-state index contributed by atoms with van der Waals surface area (Å²) in [5, 5.41) is 15.4. The molecule has 0 saturated carbocycles. The van der Waals surface area contributed by atoms with E-state index in [1.165, 1.54) is 18.4 Å². The van der Waals surface area contributed by atoms with Crippen molar-refractivity contribution in [2.45, 2.75) is 25.3 Å². The number of guanidine groups is 1. The van der Waals surface area contributed by atoms with Gasteiger partial charge in [-0.2, -0.15) is 0 Å². The lowest BCUT2D eigenvalue weighted by Gasteiger charge is -2.30. The number of nitrogens with zero attached hydrogens (tertiary/aromatic N) is 5. The van der Waals surface area contributed by atoms with Crippen LogP contribution < -0.4 is 15.4 Å². The highest BCUT2D eigenvalue weighted by Gasteiger charge is 2.26. The zero-order chi connectivity index (χ0) is 21.5. The Labute approximate surface area is 183 Å². The van der Waals surface area contributed by atoms with Crippen LogP contribution in [0, 0.1) is 0 Å². The first-order valence-electron chi connectivity index (χ1n) is 10.9. The fourth-order valence-electron chi connectivity index (χ4n) is 4.20. The minimum Gasteiger partial charge on any atom is -0.496 e. The van der Waals surface area contributed by atoms with Crippen LogP contribution in [0.25, 0.3) is 5.65 Å². The molecule has 1 aliphatic heterocycles. The molecule has 1 aliphatic rings. The monoisotopic (exact) mass is 421 g/mol. The summed E-state index contributed by atoms with van der Waals surface area (Å²) in [6.07, 6.45) is 5.23. The predicted molar refractivity (Wildman–Crippen MR) is 123 cm³/mol. The molecule has 2 aromatic heterocycles. The Hall–Kier alpha value is -3.13. The van der Waals surface area contributed by atoms with E-state index in [-0.39, 0.29) is 6.04 Å². The first-order valence-corrected chi connectivity index (χ1v) is 10.9. The van der Waals surface area contributed by atoms with Crippen molar-refractivity contribution in [1.29, 1.82) is 0 Å². The van der Waals surface area contributed by atoms with Gasteiger partial charge in [0.05, 0.1) is 13.2 Å². The summed E-state index contributed by atoms with van der Waals surface area (Å²) in [5.74, 6) is 2.65. The highest BCUT2D eigenvalue weighted by molar-refractivity contribution is 5.79. The summed E-state index contributed by atoms with van der Waals surface area (Å²) in [6, 6.07) is 14.5. The maximum atomic E-state index is 5.64. The predicted octanol–water partition coefficient (Wildman–Crippen LogP) is 2.28. The first-order chi connectivity index (χ1) is 15.3. The second kappa shape index (κ2) is 10.3. The third kappa shape index (κ3) is 4.96. The molecule has 1 aromatic carbocycles. The van der Waals surface area contributed by atoms with Crippen LogP contribution in [0.2, 0.25) is 0 Å². The fraction of sp³-hybridized carbons (Fsp3) is 0.435. The van der Waals surface area contributed by atoms with Crippen molar-refractivity contribution in [1.82, 2.24) is 30.1 Å². The Kier molecular flexibility index (Phi) is 6.99. The molecule has 0 amide bonds. The molecule has 2 N–H and O–H groups in total. The number of likely N-dealkylation sites (tertiary alicyclic amines) is 1. The van der Waals surface area contributed by atoms with Crippen LogP contribution in [0.4, 0.5) is 0 Å². The first kappa shape index (κ1) is 21.1. The molecule has 31 heavy (non-hydrogen) atoms. The largest absolute Gasteiger partial charge is 0.496 e. The van der Waals surface area contributed by atoms with Gasteiger partial charge in [-0.1, -0.05) is 24.3 Å². The van der Waals surface area contributed by atoms with Crippen LogP contribution in [-0.4, -0.2) is 65.8 Å². The van der Waals surface area contributed by atoms with Crippen LogP contribution in [0.3, 0.4) is 0 Å². The van der Waals surface area contributed by atoms with Gasteiger partial charge in [0.1, 0.15) is 11.6 Å². The average molecular weight is 422 g/mol. The quantitative estimate of drug-likeness (QED) is 0.429. The number of ether oxygens (including phenoxy) is 1. The minimum atomic E-state index is 0.234. The molecule has 0 spiro atoms. The molecule has 0 bridgehead atoms. The molecule has 4 rings (SSSR count). The van der Waals surface area contributed by atoms with Crippen LogP contribution in [-0.2, 0) is 6.42 Å². The summed E-state index contributed by atoms with van der Waals surface area (Å²) in [5.41, 5.74) is 2.08. The standard InChI is InChI=1S/C23H31N7O/c1-24-23(25-13-12-22-28-27-21-11-5-6-16-30(21)22)26-17-19(29-14-7-8-15-29)18-9-3-4-10-20(18)31-2/h3-6,9-11,16,19H,7-8,12-15,17H2,1-2H3,(H2,24,25,26). The number of methoxy groups -OCH3 is 1. The molecular formula is C23H31N7O. The lowest BCUT2D eigenvalue weighted by molar-refractivity contribution is 0.239. The lowest BCUT2D eigenvalue weighted by Crippen LogP contribution is -2.43. The van der Waals surface area contributed by atoms with E-state index in [2.05, 4.69) is 42.9 Å². The Morgan fingerprint density at radius 1 is 1.10 bits per heavy atom. The normalized spacial score (nSPS) is 15.9. The molecule has 0 radical (unpaired) electrons. The van der Waals surface area contributed by atoms with Gasteiger partial charge >= 0.3 is 0 Å². The van der Waals surface area contributed by atoms with Crippen LogP contribution in [0.5, 0.6) is 5.75 Å². The van der Waals surface area contributed by atoms with Crippen molar-refractivity contribution in [2.75, 3.05) is 40.3 Å². The number of hydrogen-bond donors (Lipinski definition) is 2. The topological polar surface area (TPSA) is 79.1 Å². The third-order valence-corrected chi connectivity index (χ3v) is 5.79. The van der Waals surface area contributed by atoms with Gasteiger partial charge in [0.2, 0.25) is 0 Å². The van der Waals surface area contributed by atoms with E-state index in [0.29, 0.717) is 0 Å². The molecule has 1 atom stereocenters. The summed E-state index contributed by atoms with van der Waals surface area (Å²) in [6.45, 7) is 3.69. The minimum absolute atomic E-state index is 0.234. The van der Waals surface area contributed by atoms with Crippen LogP contribution in [0.1, 0.15) is 30.3 Å². The van der Waals surface area contributed by atoms with E-state index in [9.17, 15) is 0 Å². The van der Waals surface area contributed by atoms with Crippen LogP contribution in [0.15, 0.2) is 53.7 Å². The van der Waals surface area contributed by atoms with Crippen molar-refractivity contribution in [3.8, 4) is 5.75 Å². The van der Waals surface area contributed by atoms with Crippen molar-refractivity contribution in [2.24, 2.45) is 4.99 Å². The lowest BCUT2D eigenvalue weighted by atomic mass is 10.0. The third-order valence-electron chi connectivity index (χ3n) is 5.79. The Bertz CT molecular complexity index is 1010. The van der Waals surface area contributed by atoms with E-state index < -0.39 is 0 Å². The average Bonchev–Trinajstić information content (AvgIpc) is 3.49. The van der Waals surface area contributed by atoms with E-state index in [0.717, 1.165) is 55.8 Å². The molecule has 1 unspecified atom stereocenters. The molecule has 3 aromatic rings. The van der Waals surface area contributed by atoms with Gasteiger partial charge in [-0.15, -0.1) is 10.2 Å². The van der Waals surface area contributed by atoms with Crippen molar-refractivity contribution in [3.63, 3.8) is 0 Å². The number of rotatable bonds is 8. The summed E-state index contributed by atoms with van der Waals surface area (Å²) < 4.78 is 7.66. The Morgan fingerprint density at radius 3 is 2.71 bits per heavy atom. The van der Waals surface area contributed by atoms with E-state index >= 15 is 0 Å². The van der Waals surface area contributed by atoms with Gasteiger partial charge in [-0.25, -0.2) is 0 Å². The second-order valence-corrected chi connectivity index (χ2v) is 7.68. The molecule has 164 valence electrons. The van der Waals surface area contributed by atoms with Gasteiger partial charge in [0, 0.05) is 38.3 Å². The summed E-state index contributed by atoms with van der Waals surface area (Å²) >= 11 is 0. The Balaban J connectivity index is 1.37. The molecule has 8 nitrogen and oxygen atoms in total. The highest BCUT2D eigenvalue weighted by Crippen LogP contribution is 2.31. The summed E-state index contributed by atoms with van der Waals surface area (Å²) in [7, 11) is 3.54. The SMILES string of the molecule is CN=C(NCCc1nnc2ccccn12)NCC(c1ccccc1OC)N1CCCC1. The van der Waals surface area contributed by atoms with Gasteiger partial charge in [-0.05, 0) is 44.1 Å². The van der Waals surface area contributed by atoms with Crippen molar-refractivity contribution < 1.29 is 4.74 Å². The van der Waals surface area contributed by atoms with Crippen molar-refractivity contribution >= 4 is 11.6 Å². The number of aliphatic imine (C=N–C) groups is 1. The number of fused-ring (bicyclic) bond motifs is 1. The summed E-state index contributed by atoms with van der Waals surface area (Å²) in [4.78, 5) is 6.93. The van der Waals surface area contributed by atoms with E-state index in [1.807, 2.05) is 40.9 Å². The maximum absolute atomic E-state index is 5.64. The highest BCUT2D eigenvalue weighted by atomic mass is 16.5. The smallest absolute Gasteiger partial charge is 0.191 e. The Morgan fingerprint density at radius 2 is 1.90 bits per heavy atom. The van der Waals surface area contributed by atoms with Gasteiger partial charge < -0.3 is 15.4 Å². The van der Waals surface area contributed by atoms with E-state index in [4.69, 9.17) is 4.74 Å². The number of hydrogen-bond acceptors (Lipinski definition) is 5. The fourth-order valence-corrected chi connectivity index (χ4v) is 4.20. The number of benzene rings is 1. The maximum Gasteiger partial charge on any atom is 0.191 e. The zero-order valence-electron chi connectivity index (χ0n) is 18.3. The molecule has 0 aliphatic carbocycles. The molecule has 1 fully saturated rings. The number of nitrogens with one attached hydrogen (secondary N) is 2. The van der Waals surface area contributed by atoms with Crippen molar-refractivity contribution in [3.05, 3.63) is 60.0 Å². The number of pyridine rings is 1. The number of para-hydroxylation sites is 1. The van der Waals surface area contributed by atoms with Gasteiger partial charge in [0.15, 0.2) is 11.6 Å². The molecule has 3 heterocycles. The molecule has 8 heteroatoms. The van der Waals surface area contributed by atoms with Gasteiger partial charge in [0.25, 0.3) is 0 Å². The number of aromatic nitrogens is 3. The molecular weight excluding hydrogens is 390 g/mol. The van der Waals surface area contributed by atoms with Crippen LogP contribution >= 0.6 is 0 Å².